The number of rotatable bonds is 5. The van der Waals surface area contributed by atoms with Gasteiger partial charge >= 0.3 is 0 Å². The van der Waals surface area contributed by atoms with Gasteiger partial charge in [-0.2, -0.15) is 0 Å². The maximum Gasteiger partial charge on any atom is 0.243 e. The van der Waals surface area contributed by atoms with Crippen molar-refractivity contribution in [1.82, 2.24) is 10.2 Å². The molecule has 0 aromatic carbocycles. The smallest absolute Gasteiger partial charge is 0.243 e. The van der Waals surface area contributed by atoms with Gasteiger partial charge in [-0.15, -0.1) is 0 Å². The van der Waals surface area contributed by atoms with E-state index in [-0.39, 0.29) is 23.4 Å². The van der Waals surface area contributed by atoms with Gasteiger partial charge in [0.2, 0.25) is 11.8 Å². The van der Waals surface area contributed by atoms with Gasteiger partial charge in [-0.1, -0.05) is 20.3 Å². The Bertz CT molecular complexity index is 537. The fourth-order valence-corrected chi connectivity index (χ4v) is 6.78. The van der Waals surface area contributed by atoms with Crippen molar-refractivity contribution in [2.24, 2.45) is 29.1 Å². The van der Waals surface area contributed by atoms with Crippen LogP contribution in [0.4, 0.5) is 0 Å². The summed E-state index contributed by atoms with van der Waals surface area (Å²) in [6.07, 6.45) is 10.2. The number of carbonyl (C=O) groups is 2. The minimum Gasteiger partial charge on any atom is -0.352 e. The molecule has 4 bridgehead atoms. The van der Waals surface area contributed by atoms with Gasteiger partial charge < -0.3 is 10.2 Å². The van der Waals surface area contributed by atoms with E-state index in [1.165, 1.54) is 19.3 Å². The van der Waals surface area contributed by atoms with Crippen molar-refractivity contribution in [3.63, 3.8) is 0 Å². The molecule has 4 nitrogen and oxygen atoms in total. The Labute approximate surface area is 158 Å². The molecular weight excluding hydrogens is 324 g/mol. The highest BCUT2D eigenvalue weighted by Crippen LogP contribution is 2.60. The van der Waals surface area contributed by atoms with Crippen molar-refractivity contribution in [1.29, 1.82) is 0 Å². The lowest BCUT2D eigenvalue weighted by Gasteiger charge is -2.56. The molecule has 5 aliphatic rings. The predicted molar refractivity (Wildman–Crippen MR) is 102 cm³/mol. The Morgan fingerprint density at radius 2 is 1.65 bits per heavy atom. The molecule has 146 valence electrons. The first-order chi connectivity index (χ1) is 12.4. The highest BCUT2D eigenvalue weighted by atomic mass is 16.2. The lowest BCUT2D eigenvalue weighted by atomic mass is 9.49. The number of likely N-dealkylation sites (tertiary alicyclic amines) is 1. The van der Waals surface area contributed by atoms with Crippen LogP contribution in [0, 0.1) is 29.1 Å². The fraction of sp³-hybridized carbons (Fsp3) is 0.909. The summed E-state index contributed by atoms with van der Waals surface area (Å²) < 4.78 is 0. The highest BCUT2D eigenvalue weighted by Gasteiger charge is 2.56. The summed E-state index contributed by atoms with van der Waals surface area (Å²) in [7, 11) is 0. The Morgan fingerprint density at radius 1 is 1.08 bits per heavy atom. The molecule has 26 heavy (non-hydrogen) atoms. The molecular formula is C22H36N2O2. The first kappa shape index (κ1) is 18.3. The SMILES string of the molecule is CCC(C)C(C)NC(=O)C1CCCN1C(=O)C12CC3CC(CC(C3)C1)C2. The normalized spacial score (nSPS) is 40.5. The molecule has 1 N–H and O–H groups in total. The van der Waals surface area contributed by atoms with Crippen molar-refractivity contribution in [3.8, 4) is 0 Å². The lowest BCUT2D eigenvalue weighted by Crippen LogP contribution is -2.57. The van der Waals surface area contributed by atoms with Gasteiger partial charge in [0.1, 0.15) is 6.04 Å². The molecule has 4 saturated carbocycles. The minimum atomic E-state index is -0.234. The predicted octanol–water partition coefficient (Wildman–Crippen LogP) is 3.74. The second-order valence-corrected chi connectivity index (χ2v) is 10.0. The molecule has 3 unspecified atom stereocenters. The van der Waals surface area contributed by atoms with Crippen molar-refractivity contribution in [3.05, 3.63) is 0 Å². The highest BCUT2D eigenvalue weighted by molar-refractivity contribution is 5.91. The summed E-state index contributed by atoms with van der Waals surface area (Å²) in [5.41, 5.74) is -0.125. The molecule has 5 fully saturated rings. The van der Waals surface area contributed by atoms with Gasteiger partial charge in [0.05, 0.1) is 5.41 Å². The zero-order valence-corrected chi connectivity index (χ0v) is 16.8. The summed E-state index contributed by atoms with van der Waals surface area (Å²) in [6.45, 7) is 7.20. The molecule has 1 heterocycles. The zero-order valence-electron chi connectivity index (χ0n) is 16.8. The molecule has 5 rings (SSSR count). The van der Waals surface area contributed by atoms with E-state index in [1.54, 1.807) is 0 Å². The number of carbonyl (C=O) groups excluding carboxylic acids is 2. The topological polar surface area (TPSA) is 49.4 Å². The molecule has 3 atom stereocenters. The molecule has 4 aliphatic carbocycles. The van der Waals surface area contributed by atoms with Crippen molar-refractivity contribution in [2.75, 3.05) is 6.54 Å². The number of amides is 2. The van der Waals surface area contributed by atoms with Gasteiger partial charge in [-0.05, 0) is 82.0 Å². The van der Waals surface area contributed by atoms with Crippen LogP contribution in [0.15, 0.2) is 0 Å². The van der Waals surface area contributed by atoms with E-state index in [4.69, 9.17) is 0 Å². The van der Waals surface area contributed by atoms with Crippen molar-refractivity contribution < 1.29 is 9.59 Å². The molecule has 4 heteroatoms. The van der Waals surface area contributed by atoms with E-state index in [0.717, 1.165) is 62.8 Å². The van der Waals surface area contributed by atoms with E-state index in [0.29, 0.717) is 11.8 Å². The van der Waals surface area contributed by atoms with E-state index in [1.807, 2.05) is 4.90 Å². The summed E-state index contributed by atoms with van der Waals surface area (Å²) in [5.74, 6) is 3.17. The number of hydrogen-bond donors (Lipinski definition) is 1. The Kier molecular flexibility index (Phi) is 4.81. The zero-order chi connectivity index (χ0) is 18.5. The van der Waals surface area contributed by atoms with Crippen molar-refractivity contribution >= 4 is 11.8 Å². The summed E-state index contributed by atoms with van der Waals surface area (Å²) in [5, 5.41) is 3.20. The van der Waals surface area contributed by atoms with Gasteiger partial charge in [0.25, 0.3) is 0 Å². The number of nitrogens with one attached hydrogen (secondary N) is 1. The maximum atomic E-state index is 13.6. The van der Waals surface area contributed by atoms with Gasteiger partial charge in [-0.25, -0.2) is 0 Å². The van der Waals surface area contributed by atoms with E-state index < -0.39 is 0 Å². The quantitative estimate of drug-likeness (QED) is 0.812. The van der Waals surface area contributed by atoms with E-state index in [9.17, 15) is 9.59 Å². The average Bonchev–Trinajstić information content (AvgIpc) is 3.08. The second-order valence-electron chi connectivity index (χ2n) is 10.0. The van der Waals surface area contributed by atoms with Crippen LogP contribution < -0.4 is 5.32 Å². The van der Waals surface area contributed by atoms with Crippen LogP contribution in [-0.2, 0) is 9.59 Å². The molecule has 0 aromatic rings. The average molecular weight is 361 g/mol. The Hall–Kier alpha value is -1.06. The van der Waals surface area contributed by atoms with Crippen LogP contribution >= 0.6 is 0 Å². The molecule has 1 saturated heterocycles. The first-order valence-electron chi connectivity index (χ1n) is 11.0. The van der Waals surface area contributed by atoms with Gasteiger partial charge in [0.15, 0.2) is 0 Å². The molecule has 0 aromatic heterocycles. The van der Waals surface area contributed by atoms with E-state index >= 15 is 0 Å². The standard InChI is InChI=1S/C22H36N2O2/c1-4-14(2)15(3)23-20(25)19-6-5-7-24(19)21(26)22-11-16-8-17(12-22)10-18(9-16)13-22/h14-19H,4-13H2,1-3H3,(H,23,25). The van der Waals surface area contributed by atoms with Gasteiger partial charge in [-0.3, -0.25) is 9.59 Å². The third-order valence-corrected chi connectivity index (χ3v) is 8.18. The monoisotopic (exact) mass is 360 g/mol. The summed E-state index contributed by atoms with van der Waals surface area (Å²) in [6, 6.07) is -0.0633. The minimum absolute atomic E-state index is 0.0772. The van der Waals surface area contributed by atoms with Crippen LogP contribution in [0.25, 0.3) is 0 Å². The van der Waals surface area contributed by atoms with Crippen LogP contribution in [0.1, 0.15) is 78.6 Å². The largest absolute Gasteiger partial charge is 0.352 e. The van der Waals surface area contributed by atoms with Crippen molar-refractivity contribution in [2.45, 2.75) is 90.6 Å². The second kappa shape index (κ2) is 6.83. The Balaban J connectivity index is 1.46. The number of hydrogen-bond acceptors (Lipinski definition) is 2. The third kappa shape index (κ3) is 3.07. The summed E-state index contributed by atoms with van der Waals surface area (Å²) >= 11 is 0. The summed E-state index contributed by atoms with van der Waals surface area (Å²) in [4.78, 5) is 28.5. The molecule has 0 radical (unpaired) electrons. The lowest BCUT2D eigenvalue weighted by molar-refractivity contribution is -0.160. The molecule has 2 amide bonds. The Morgan fingerprint density at radius 3 is 2.19 bits per heavy atom. The van der Waals surface area contributed by atoms with Gasteiger partial charge in [0, 0.05) is 12.6 Å². The van der Waals surface area contributed by atoms with E-state index in [2.05, 4.69) is 26.1 Å². The third-order valence-electron chi connectivity index (χ3n) is 8.18. The van der Waals surface area contributed by atoms with Crippen LogP contribution in [-0.4, -0.2) is 35.3 Å². The number of nitrogens with zero attached hydrogens (tertiary/aromatic N) is 1. The first-order valence-corrected chi connectivity index (χ1v) is 11.0. The van der Waals surface area contributed by atoms with Crippen LogP contribution in [0.3, 0.4) is 0 Å². The van der Waals surface area contributed by atoms with Crippen LogP contribution in [0.2, 0.25) is 0 Å². The molecule has 1 aliphatic heterocycles. The van der Waals surface area contributed by atoms with Crippen LogP contribution in [0.5, 0.6) is 0 Å². The fourth-order valence-electron chi connectivity index (χ4n) is 6.78. The molecule has 0 spiro atoms. The maximum absolute atomic E-state index is 13.6.